The van der Waals surface area contributed by atoms with Crippen LogP contribution in [0.15, 0.2) is 22.7 Å². The number of ether oxygens (including phenoxy) is 1. The molecule has 0 unspecified atom stereocenters. The quantitative estimate of drug-likeness (QED) is 0.0998. The van der Waals surface area contributed by atoms with Crippen LogP contribution < -0.4 is 5.32 Å². The molecule has 45 heavy (non-hydrogen) atoms. The van der Waals surface area contributed by atoms with E-state index in [2.05, 4.69) is 26.3 Å². The van der Waals surface area contributed by atoms with Crippen LogP contribution in [0.1, 0.15) is 67.7 Å². The van der Waals surface area contributed by atoms with Crippen LogP contribution in [-0.2, 0) is 18.0 Å². The molecule has 3 rings (SSSR count). The normalized spacial score (nSPS) is 11.4. The Morgan fingerprint density at radius 2 is 1.71 bits per heavy atom. The van der Waals surface area contributed by atoms with Crippen molar-refractivity contribution < 1.29 is 36.9 Å². The molecule has 0 amide bonds. The van der Waals surface area contributed by atoms with Gasteiger partial charge in [0.1, 0.15) is 11.5 Å². The summed E-state index contributed by atoms with van der Waals surface area (Å²) in [6.07, 6.45) is -3.67. The molecule has 0 aliphatic rings. The number of hydrogen-bond donors (Lipinski definition) is 1. The van der Waals surface area contributed by atoms with Crippen LogP contribution in [0.2, 0.25) is 5.02 Å². The molecule has 0 saturated heterocycles. The van der Waals surface area contributed by atoms with Crippen LogP contribution in [0.3, 0.4) is 0 Å². The lowest BCUT2D eigenvalue weighted by Gasteiger charge is -2.17. The minimum atomic E-state index is -4.69. The van der Waals surface area contributed by atoms with E-state index >= 15 is 0 Å². The summed E-state index contributed by atoms with van der Waals surface area (Å²) in [4.78, 5) is 33.3. The molecule has 0 aliphatic heterocycles. The van der Waals surface area contributed by atoms with Crippen LogP contribution in [0, 0.1) is 39.9 Å². The average molecular weight is 725 g/mol. The number of carbonyl (C=O) groups is 1. The number of nitrogens with zero attached hydrogens (tertiary/aromatic N) is 4. The molecule has 0 spiro atoms. The van der Waals surface area contributed by atoms with Crippen LogP contribution in [-0.4, -0.2) is 37.7 Å². The number of carbonyl (C=O) groups excluding carboxylic acids is 1. The predicted octanol–water partition coefficient (Wildman–Crippen LogP) is 8.95. The van der Waals surface area contributed by atoms with Gasteiger partial charge in [-0.05, 0) is 74.2 Å². The van der Waals surface area contributed by atoms with Crippen molar-refractivity contribution in [3.63, 3.8) is 0 Å². The topological polar surface area (TPSA) is 142 Å². The van der Waals surface area contributed by atoms with E-state index in [4.69, 9.17) is 16.3 Å². The molecule has 0 atom stereocenters. The second kappa shape index (κ2) is 15.0. The molecule has 0 fully saturated rings. The summed E-state index contributed by atoms with van der Waals surface area (Å²) in [5.41, 5.74) is -1.30. The lowest BCUT2D eigenvalue weighted by Crippen LogP contribution is -2.19. The van der Waals surface area contributed by atoms with Gasteiger partial charge in [-0.15, -0.1) is 0 Å². The number of aryl methyl sites for hydroxylation is 2. The van der Waals surface area contributed by atoms with Gasteiger partial charge in [-0.2, -0.15) is 18.3 Å². The first kappa shape index (κ1) is 37.4. The summed E-state index contributed by atoms with van der Waals surface area (Å²) in [6.45, 7) is 10.3. The Hall–Kier alpha value is -3.79. The van der Waals surface area contributed by atoms with Crippen LogP contribution in [0.5, 0.6) is 0 Å². The third-order valence-corrected chi connectivity index (χ3v) is 7.70. The lowest BCUT2D eigenvalue weighted by molar-refractivity contribution is -0.392. The highest BCUT2D eigenvalue weighted by Crippen LogP contribution is 2.42. The second-order valence-electron chi connectivity index (χ2n) is 10.1. The van der Waals surface area contributed by atoms with Crippen molar-refractivity contribution in [2.24, 2.45) is 7.05 Å². The van der Waals surface area contributed by atoms with E-state index in [1.807, 2.05) is 13.8 Å². The van der Waals surface area contributed by atoms with Crippen molar-refractivity contribution in [3.05, 3.63) is 76.1 Å². The lowest BCUT2D eigenvalue weighted by atomic mass is 10.0. The number of esters is 1. The summed E-state index contributed by atoms with van der Waals surface area (Å²) in [7, 11) is 1.08. The Kier molecular flexibility index (Phi) is 12.5. The first-order valence-corrected chi connectivity index (χ1v) is 14.6. The Bertz CT molecular complexity index is 1610. The van der Waals surface area contributed by atoms with E-state index in [9.17, 15) is 42.6 Å². The van der Waals surface area contributed by atoms with Crippen molar-refractivity contribution in [2.75, 3.05) is 5.32 Å². The van der Waals surface area contributed by atoms with Gasteiger partial charge in [0.25, 0.3) is 5.69 Å². The zero-order valence-corrected chi connectivity index (χ0v) is 27.6. The second-order valence-corrected chi connectivity index (χ2v) is 11.3. The number of alkyl halides is 3. The zero-order valence-electron chi connectivity index (χ0n) is 25.3. The maximum atomic E-state index is 14.3. The number of anilines is 1. The number of halogens is 6. The molecule has 2 aromatic carbocycles. The standard InChI is InChI=1S/C15H12BrClF4N2O2.C13H19N3O4/c1-6(2)25-14(24)7-4-8(10(18)5-9(7)17)12-11(16)13(15(19,20)21)23(3)22-12;1-5-10(6-2)14-12-11(15(17)18)7-8(3)9(4)13(12)16(19)20/h4-6H,1-3H3;7,10,14H,5-6H2,1-4H3. The summed E-state index contributed by atoms with van der Waals surface area (Å²) >= 11 is 8.67. The van der Waals surface area contributed by atoms with E-state index in [0.717, 1.165) is 32.0 Å². The summed E-state index contributed by atoms with van der Waals surface area (Å²) in [6, 6.07) is 3.21. The fraction of sp³-hybridized carbons (Fsp3) is 0.429. The van der Waals surface area contributed by atoms with Gasteiger partial charge < -0.3 is 10.1 Å². The van der Waals surface area contributed by atoms with E-state index < -0.39 is 44.1 Å². The van der Waals surface area contributed by atoms with Crippen LogP contribution in [0.4, 0.5) is 34.6 Å². The highest BCUT2D eigenvalue weighted by atomic mass is 79.9. The molecular formula is C28H31BrClF4N5O6. The first-order valence-electron chi connectivity index (χ1n) is 13.5. The number of benzene rings is 2. The third kappa shape index (κ3) is 8.69. The molecule has 11 nitrogen and oxygen atoms in total. The monoisotopic (exact) mass is 723 g/mol. The minimum absolute atomic E-state index is 0.0109. The maximum absolute atomic E-state index is 14.3. The number of nitro groups is 2. The number of hydrogen-bond acceptors (Lipinski definition) is 8. The molecular weight excluding hydrogens is 694 g/mol. The number of aromatic nitrogens is 2. The SMILES string of the molecule is CC(C)OC(=O)c1cc(-c2nn(C)c(C(F)(F)F)c2Br)c(F)cc1Cl.CCC(CC)Nc1c([N+](=O)[O-])cc(C)c(C)c1[N+](=O)[O-]. The summed E-state index contributed by atoms with van der Waals surface area (Å²) in [5.74, 6) is -1.73. The number of rotatable bonds is 9. The Balaban J connectivity index is 0.000000322. The van der Waals surface area contributed by atoms with Crippen molar-refractivity contribution in [1.82, 2.24) is 9.78 Å². The molecule has 1 N–H and O–H groups in total. The van der Waals surface area contributed by atoms with Gasteiger partial charge in [-0.3, -0.25) is 24.9 Å². The molecule has 1 aromatic heterocycles. The van der Waals surface area contributed by atoms with E-state index in [1.54, 1.807) is 27.7 Å². The van der Waals surface area contributed by atoms with Crippen LogP contribution >= 0.6 is 27.5 Å². The highest BCUT2D eigenvalue weighted by Gasteiger charge is 2.39. The molecule has 246 valence electrons. The third-order valence-electron chi connectivity index (χ3n) is 6.64. The van der Waals surface area contributed by atoms with E-state index in [-0.39, 0.29) is 44.9 Å². The molecule has 1 heterocycles. The molecule has 0 bridgehead atoms. The van der Waals surface area contributed by atoms with Gasteiger partial charge in [-0.1, -0.05) is 25.4 Å². The molecule has 3 aromatic rings. The Labute approximate surface area is 269 Å². The largest absolute Gasteiger partial charge is 0.459 e. The molecule has 0 radical (unpaired) electrons. The zero-order chi connectivity index (χ0) is 34.5. The maximum Gasteiger partial charge on any atom is 0.434 e. The van der Waals surface area contributed by atoms with Gasteiger partial charge in [0.2, 0.25) is 0 Å². The van der Waals surface area contributed by atoms with Crippen LogP contribution in [0.25, 0.3) is 11.3 Å². The van der Waals surface area contributed by atoms with Gasteiger partial charge in [0, 0.05) is 30.3 Å². The van der Waals surface area contributed by atoms with Crippen molar-refractivity contribution in [1.29, 1.82) is 0 Å². The average Bonchev–Trinajstić information content (AvgIpc) is 3.22. The Morgan fingerprint density at radius 3 is 2.16 bits per heavy atom. The molecule has 0 aliphatic carbocycles. The first-order chi connectivity index (χ1) is 20.8. The summed E-state index contributed by atoms with van der Waals surface area (Å²) < 4.78 is 58.6. The fourth-order valence-corrected chi connectivity index (χ4v) is 5.24. The smallest absolute Gasteiger partial charge is 0.434 e. The predicted molar refractivity (Wildman–Crippen MR) is 164 cm³/mol. The Morgan fingerprint density at radius 1 is 1.13 bits per heavy atom. The number of nitro benzene ring substituents is 2. The van der Waals surface area contributed by atoms with Gasteiger partial charge in [0.05, 0.1) is 31.0 Å². The van der Waals surface area contributed by atoms with Crippen molar-refractivity contribution in [2.45, 2.75) is 72.7 Å². The molecule has 0 saturated carbocycles. The van der Waals surface area contributed by atoms with Crippen molar-refractivity contribution >= 4 is 50.6 Å². The number of nitrogens with one attached hydrogen (secondary N) is 1. The molecule has 17 heteroatoms. The van der Waals surface area contributed by atoms with Crippen molar-refractivity contribution in [3.8, 4) is 11.3 Å². The van der Waals surface area contributed by atoms with Gasteiger partial charge in [-0.25, -0.2) is 9.18 Å². The summed E-state index contributed by atoms with van der Waals surface area (Å²) in [5, 5.41) is 28.9. The highest BCUT2D eigenvalue weighted by molar-refractivity contribution is 9.10. The van der Waals surface area contributed by atoms with E-state index in [0.29, 0.717) is 15.8 Å². The van der Waals surface area contributed by atoms with E-state index in [1.165, 1.54) is 6.07 Å². The van der Waals surface area contributed by atoms with Gasteiger partial charge in [0.15, 0.2) is 11.4 Å². The van der Waals surface area contributed by atoms with Gasteiger partial charge >= 0.3 is 17.8 Å². The minimum Gasteiger partial charge on any atom is -0.459 e. The fourth-order valence-electron chi connectivity index (χ4n) is 4.24.